The van der Waals surface area contributed by atoms with E-state index in [1.54, 1.807) is 0 Å². The van der Waals surface area contributed by atoms with E-state index in [9.17, 15) is 13.6 Å². The first-order valence-corrected chi connectivity index (χ1v) is 4.88. The van der Waals surface area contributed by atoms with Crippen LogP contribution < -0.4 is 0 Å². The molecule has 0 amide bonds. The second-order valence-corrected chi connectivity index (χ2v) is 3.95. The molecule has 6 heteroatoms. The van der Waals surface area contributed by atoms with Crippen molar-refractivity contribution < 1.29 is 23.8 Å². The lowest BCUT2D eigenvalue weighted by atomic mass is 10.3. The lowest BCUT2D eigenvalue weighted by Crippen LogP contribution is -2.20. The average molecular weight is 234 g/mol. The third-order valence-corrected chi connectivity index (χ3v) is 2.81. The molecule has 0 saturated heterocycles. The average Bonchev–Trinajstić information content (AvgIpc) is 2.18. The minimum Gasteiger partial charge on any atom is -0.480 e. The molecule has 0 radical (unpaired) electrons. The Bertz CT molecular complexity index is 370. The van der Waals surface area contributed by atoms with Gasteiger partial charge >= 0.3 is 5.97 Å². The van der Waals surface area contributed by atoms with Crippen LogP contribution in [0.5, 0.6) is 0 Å². The van der Waals surface area contributed by atoms with Gasteiger partial charge < -0.3 is 10.2 Å². The van der Waals surface area contributed by atoms with Gasteiger partial charge in [-0.3, -0.25) is 4.79 Å². The summed E-state index contributed by atoms with van der Waals surface area (Å²) in [4.78, 5) is 10.4. The monoisotopic (exact) mass is 234 g/mol. The summed E-state index contributed by atoms with van der Waals surface area (Å²) in [6, 6.07) is 2.74. The van der Waals surface area contributed by atoms with E-state index in [0.29, 0.717) is 11.8 Å². The number of hydrogen-bond donors (Lipinski definition) is 2. The summed E-state index contributed by atoms with van der Waals surface area (Å²) in [6.45, 7) is -0.643. The number of carbonyl (C=O) groups is 1. The topological polar surface area (TPSA) is 57.5 Å². The number of halogens is 2. The van der Waals surface area contributed by atoms with Gasteiger partial charge in [-0.1, -0.05) is 0 Å². The van der Waals surface area contributed by atoms with E-state index in [1.165, 1.54) is 0 Å². The van der Waals surface area contributed by atoms with Gasteiger partial charge in [0, 0.05) is 4.90 Å². The molecule has 0 bridgehead atoms. The molecule has 3 nitrogen and oxygen atoms in total. The second kappa shape index (κ2) is 5.09. The van der Waals surface area contributed by atoms with Crippen molar-refractivity contribution in [2.24, 2.45) is 0 Å². The molecule has 1 rings (SSSR count). The van der Waals surface area contributed by atoms with Crippen LogP contribution in [0, 0.1) is 11.6 Å². The first kappa shape index (κ1) is 11.9. The van der Waals surface area contributed by atoms with Crippen LogP contribution in [0.25, 0.3) is 0 Å². The summed E-state index contributed by atoms with van der Waals surface area (Å²) in [6.07, 6.45) is 0. The maximum Gasteiger partial charge on any atom is 0.319 e. The van der Waals surface area contributed by atoms with Crippen LogP contribution >= 0.6 is 11.8 Å². The van der Waals surface area contributed by atoms with E-state index in [-0.39, 0.29) is 4.90 Å². The molecule has 0 aliphatic rings. The molecule has 0 aliphatic heterocycles. The molecule has 1 atom stereocenters. The summed E-state index contributed by atoms with van der Waals surface area (Å²) >= 11 is 0.573. The molecule has 0 heterocycles. The number of aliphatic hydroxyl groups is 1. The van der Waals surface area contributed by atoms with E-state index in [1.807, 2.05) is 0 Å². The van der Waals surface area contributed by atoms with Gasteiger partial charge in [0.15, 0.2) is 0 Å². The number of aliphatic carboxylic acids is 1. The Morgan fingerprint density at radius 1 is 1.47 bits per heavy atom. The molecule has 0 aliphatic carbocycles. The Kier molecular flexibility index (Phi) is 4.05. The molecule has 15 heavy (non-hydrogen) atoms. The van der Waals surface area contributed by atoms with Crippen molar-refractivity contribution >= 4 is 17.7 Å². The maximum atomic E-state index is 13.1. The molecular weight excluding hydrogens is 226 g/mol. The van der Waals surface area contributed by atoms with E-state index in [2.05, 4.69) is 0 Å². The molecule has 1 aromatic carbocycles. The van der Waals surface area contributed by atoms with Gasteiger partial charge in [0.25, 0.3) is 0 Å². The Morgan fingerprint density at radius 3 is 2.67 bits per heavy atom. The third-order valence-electron chi connectivity index (χ3n) is 1.60. The van der Waals surface area contributed by atoms with Crippen molar-refractivity contribution in [3.8, 4) is 0 Å². The van der Waals surface area contributed by atoms with Crippen LogP contribution in [0.15, 0.2) is 23.1 Å². The fourth-order valence-electron chi connectivity index (χ4n) is 0.887. The number of hydrogen-bond acceptors (Lipinski definition) is 3. The Hall–Kier alpha value is -1.14. The minimum absolute atomic E-state index is 0.128. The lowest BCUT2D eigenvalue weighted by Gasteiger charge is -2.09. The van der Waals surface area contributed by atoms with Crippen LogP contribution in [-0.2, 0) is 4.79 Å². The molecule has 1 aromatic rings. The highest BCUT2D eigenvalue weighted by atomic mass is 32.2. The Balaban J connectivity index is 2.87. The van der Waals surface area contributed by atoms with E-state index in [0.717, 1.165) is 18.2 Å². The van der Waals surface area contributed by atoms with Crippen molar-refractivity contribution in [1.82, 2.24) is 0 Å². The predicted octanol–water partition coefficient (Wildman–Crippen LogP) is 1.50. The van der Waals surface area contributed by atoms with Crippen LogP contribution in [0.1, 0.15) is 0 Å². The summed E-state index contributed by atoms with van der Waals surface area (Å²) < 4.78 is 25.8. The third kappa shape index (κ3) is 3.17. The zero-order valence-electron chi connectivity index (χ0n) is 7.48. The zero-order chi connectivity index (χ0) is 11.4. The first-order valence-electron chi connectivity index (χ1n) is 4.00. The SMILES string of the molecule is O=C(O)C(CO)Sc1cc(F)ccc1F. The number of rotatable bonds is 4. The number of carboxylic acids is 1. The van der Waals surface area contributed by atoms with Gasteiger partial charge in [0.1, 0.15) is 16.9 Å². The lowest BCUT2D eigenvalue weighted by molar-refractivity contribution is -0.137. The summed E-state index contributed by atoms with van der Waals surface area (Å²) in [5.74, 6) is -2.63. The fourth-order valence-corrected chi connectivity index (χ4v) is 1.73. The molecule has 82 valence electrons. The Morgan fingerprint density at radius 2 is 2.13 bits per heavy atom. The molecular formula is C9H8F2O3S. The highest BCUT2D eigenvalue weighted by Crippen LogP contribution is 2.26. The number of benzene rings is 1. The maximum absolute atomic E-state index is 13.1. The highest BCUT2D eigenvalue weighted by molar-refractivity contribution is 8.00. The van der Waals surface area contributed by atoms with Gasteiger partial charge in [0.2, 0.25) is 0 Å². The molecule has 0 spiro atoms. The predicted molar refractivity (Wildman–Crippen MR) is 50.7 cm³/mol. The smallest absolute Gasteiger partial charge is 0.319 e. The number of carboxylic acid groups (broad SMARTS) is 1. The fraction of sp³-hybridized carbons (Fsp3) is 0.222. The standard InChI is InChI=1S/C9H8F2O3S/c10-5-1-2-6(11)7(3-5)15-8(4-12)9(13)14/h1-3,8,12H,4H2,(H,13,14). The molecule has 0 saturated carbocycles. The van der Waals surface area contributed by atoms with Gasteiger partial charge in [-0.15, -0.1) is 11.8 Å². The largest absolute Gasteiger partial charge is 0.480 e. The van der Waals surface area contributed by atoms with Crippen molar-refractivity contribution in [3.05, 3.63) is 29.8 Å². The Labute approximate surface area is 88.7 Å². The van der Waals surface area contributed by atoms with Crippen LogP contribution in [0.4, 0.5) is 8.78 Å². The summed E-state index contributed by atoms with van der Waals surface area (Å²) in [7, 11) is 0. The molecule has 0 aromatic heterocycles. The highest BCUT2D eigenvalue weighted by Gasteiger charge is 2.19. The molecule has 0 fully saturated rings. The van der Waals surface area contributed by atoms with Crippen molar-refractivity contribution in [3.63, 3.8) is 0 Å². The first-order chi connectivity index (χ1) is 7.04. The zero-order valence-corrected chi connectivity index (χ0v) is 8.30. The number of thioether (sulfide) groups is 1. The van der Waals surface area contributed by atoms with Gasteiger partial charge in [-0.25, -0.2) is 8.78 Å². The van der Waals surface area contributed by atoms with Gasteiger partial charge in [0.05, 0.1) is 6.61 Å². The molecule has 2 N–H and O–H groups in total. The van der Waals surface area contributed by atoms with E-state index >= 15 is 0 Å². The van der Waals surface area contributed by atoms with E-state index < -0.39 is 29.5 Å². The van der Waals surface area contributed by atoms with Crippen LogP contribution in [-0.4, -0.2) is 28.0 Å². The summed E-state index contributed by atoms with van der Waals surface area (Å²) in [5, 5.41) is 16.1. The van der Waals surface area contributed by atoms with Crippen LogP contribution in [0.3, 0.4) is 0 Å². The van der Waals surface area contributed by atoms with Crippen molar-refractivity contribution in [1.29, 1.82) is 0 Å². The summed E-state index contributed by atoms with van der Waals surface area (Å²) in [5.41, 5.74) is 0. The quantitative estimate of drug-likeness (QED) is 0.775. The van der Waals surface area contributed by atoms with Gasteiger partial charge in [-0.2, -0.15) is 0 Å². The number of aliphatic hydroxyl groups excluding tert-OH is 1. The molecule has 1 unspecified atom stereocenters. The van der Waals surface area contributed by atoms with Crippen molar-refractivity contribution in [2.45, 2.75) is 10.1 Å². The van der Waals surface area contributed by atoms with Crippen LogP contribution in [0.2, 0.25) is 0 Å². The van der Waals surface area contributed by atoms with E-state index in [4.69, 9.17) is 10.2 Å². The normalized spacial score (nSPS) is 12.5. The minimum atomic E-state index is -1.27. The van der Waals surface area contributed by atoms with Gasteiger partial charge in [-0.05, 0) is 18.2 Å². The second-order valence-electron chi connectivity index (χ2n) is 2.70. The van der Waals surface area contributed by atoms with Crippen molar-refractivity contribution in [2.75, 3.05) is 6.61 Å².